The number of esters is 1. The molecule has 0 radical (unpaired) electrons. The normalized spacial score (nSPS) is 16.4. The van der Waals surface area contributed by atoms with Gasteiger partial charge >= 0.3 is 5.97 Å². The Kier molecular flexibility index (Phi) is 5.73. The fourth-order valence-electron chi connectivity index (χ4n) is 3.29. The summed E-state index contributed by atoms with van der Waals surface area (Å²) in [5, 5.41) is 2.08. The van der Waals surface area contributed by atoms with Crippen LogP contribution >= 0.6 is 34.3 Å². The second kappa shape index (κ2) is 8.29. The summed E-state index contributed by atoms with van der Waals surface area (Å²) in [6, 6.07) is 7.41. The quantitative estimate of drug-likeness (QED) is 0.556. The molecule has 0 bridgehead atoms. The molecule has 0 N–H and O–H groups in total. The molecule has 0 saturated heterocycles. The van der Waals surface area contributed by atoms with Crippen molar-refractivity contribution in [1.82, 2.24) is 4.57 Å². The van der Waals surface area contributed by atoms with Gasteiger partial charge in [0.2, 0.25) is 0 Å². The van der Waals surface area contributed by atoms with Crippen LogP contribution in [0, 0.1) is 5.82 Å². The lowest BCUT2D eigenvalue weighted by Crippen LogP contribution is -2.39. The van der Waals surface area contributed by atoms with Gasteiger partial charge < -0.3 is 4.74 Å². The first-order valence-electron chi connectivity index (χ1n) is 9.09. The fraction of sp³-hybridized carbons (Fsp3) is 0.190. The Labute approximate surface area is 184 Å². The summed E-state index contributed by atoms with van der Waals surface area (Å²) >= 11 is 8.68. The fourth-order valence-corrected chi connectivity index (χ4v) is 5.36. The van der Waals surface area contributed by atoms with Crippen molar-refractivity contribution in [2.75, 3.05) is 6.61 Å². The largest absolute Gasteiger partial charge is 0.463 e. The number of thiazole rings is 1. The molecule has 0 fully saturated rings. The van der Waals surface area contributed by atoms with Crippen LogP contribution in [-0.2, 0) is 9.53 Å². The highest BCUT2D eigenvalue weighted by molar-refractivity contribution is 7.10. The molecule has 9 heteroatoms. The summed E-state index contributed by atoms with van der Waals surface area (Å²) in [5.41, 5.74) is 0.579. The number of allylic oxidation sites excluding steroid dienone is 1. The van der Waals surface area contributed by atoms with Gasteiger partial charge in [-0.25, -0.2) is 14.2 Å². The van der Waals surface area contributed by atoms with Crippen molar-refractivity contribution in [2.24, 2.45) is 4.99 Å². The van der Waals surface area contributed by atoms with Crippen LogP contribution in [-0.4, -0.2) is 17.1 Å². The van der Waals surface area contributed by atoms with E-state index >= 15 is 0 Å². The zero-order valence-corrected chi connectivity index (χ0v) is 18.4. The molecule has 30 heavy (non-hydrogen) atoms. The molecule has 1 aliphatic heterocycles. The minimum Gasteiger partial charge on any atom is -0.463 e. The van der Waals surface area contributed by atoms with E-state index in [1.54, 1.807) is 19.9 Å². The highest BCUT2D eigenvalue weighted by Crippen LogP contribution is 2.33. The second-order valence-corrected chi connectivity index (χ2v) is 8.85. The number of fused-ring (bicyclic) bond motifs is 1. The molecule has 154 valence electrons. The maximum absolute atomic E-state index is 14.3. The van der Waals surface area contributed by atoms with E-state index in [1.807, 2.05) is 17.5 Å². The van der Waals surface area contributed by atoms with Crippen molar-refractivity contribution in [2.45, 2.75) is 19.9 Å². The van der Waals surface area contributed by atoms with Gasteiger partial charge in [-0.15, -0.1) is 11.3 Å². The minimum absolute atomic E-state index is 0.137. The number of carbonyl (C=O) groups excluding carboxylic acids is 1. The molecule has 0 aliphatic carbocycles. The van der Waals surface area contributed by atoms with Gasteiger partial charge in [0.15, 0.2) is 4.80 Å². The zero-order valence-electron chi connectivity index (χ0n) is 16.0. The highest BCUT2D eigenvalue weighted by atomic mass is 35.5. The Morgan fingerprint density at radius 1 is 1.37 bits per heavy atom. The molecule has 4 rings (SSSR count). The van der Waals surface area contributed by atoms with E-state index in [2.05, 4.69) is 4.99 Å². The lowest BCUT2D eigenvalue weighted by Gasteiger charge is -2.23. The number of nitrogens with zero attached hydrogens (tertiary/aromatic N) is 2. The van der Waals surface area contributed by atoms with E-state index in [0.717, 1.165) is 16.2 Å². The van der Waals surface area contributed by atoms with Crippen molar-refractivity contribution in [3.8, 4) is 0 Å². The number of benzene rings is 1. The molecule has 0 unspecified atom stereocenters. The first-order valence-corrected chi connectivity index (χ1v) is 11.2. The van der Waals surface area contributed by atoms with Gasteiger partial charge in [-0.05, 0) is 43.5 Å². The lowest BCUT2D eigenvalue weighted by atomic mass is 10.0. The highest BCUT2D eigenvalue weighted by Gasteiger charge is 2.33. The Morgan fingerprint density at radius 2 is 2.17 bits per heavy atom. The third kappa shape index (κ3) is 3.55. The van der Waals surface area contributed by atoms with Crippen LogP contribution in [0.1, 0.15) is 30.3 Å². The molecule has 0 amide bonds. The average Bonchev–Trinajstić information content (AvgIpc) is 3.33. The van der Waals surface area contributed by atoms with E-state index in [0.29, 0.717) is 16.1 Å². The average molecular weight is 463 g/mol. The van der Waals surface area contributed by atoms with E-state index in [9.17, 15) is 14.0 Å². The molecular formula is C21H16ClFN2O3S2. The standard InChI is InChI=1S/C21H16ClFN2O3S2/c1-3-28-20(27)17-11(2)24-21-25(18(17)15-8-5-9-29-15)19(26)16(30-21)10-12-13(22)6-4-7-14(12)23/h4-10,18H,3H2,1-2H3/t18-/m0/s1. The number of thiophene rings is 1. The Bertz CT molecular complexity index is 1320. The SMILES string of the molecule is CCOC(=O)C1=C(C)N=c2sc(=Cc3c(F)cccc3Cl)c(=O)n2[C@H]1c1cccs1. The second-order valence-electron chi connectivity index (χ2n) is 6.45. The third-order valence-electron chi connectivity index (χ3n) is 4.60. The molecule has 3 aromatic rings. The van der Waals surface area contributed by atoms with Crippen LogP contribution < -0.4 is 14.9 Å². The summed E-state index contributed by atoms with van der Waals surface area (Å²) in [7, 11) is 0. The minimum atomic E-state index is -0.654. The monoisotopic (exact) mass is 462 g/mol. The van der Waals surface area contributed by atoms with Crippen molar-refractivity contribution in [1.29, 1.82) is 0 Å². The molecule has 5 nitrogen and oxygen atoms in total. The van der Waals surface area contributed by atoms with E-state index < -0.39 is 17.8 Å². The number of rotatable bonds is 4. The topological polar surface area (TPSA) is 60.7 Å². The summed E-state index contributed by atoms with van der Waals surface area (Å²) in [5.74, 6) is -1.03. The van der Waals surface area contributed by atoms with Crippen molar-refractivity contribution in [3.63, 3.8) is 0 Å². The van der Waals surface area contributed by atoms with Gasteiger partial charge in [-0.2, -0.15) is 0 Å². The van der Waals surface area contributed by atoms with Gasteiger partial charge in [-0.3, -0.25) is 9.36 Å². The number of carbonyl (C=O) groups is 1. The smallest absolute Gasteiger partial charge is 0.338 e. The molecule has 2 aromatic heterocycles. The van der Waals surface area contributed by atoms with Gasteiger partial charge in [0, 0.05) is 10.4 Å². The van der Waals surface area contributed by atoms with Gasteiger partial charge in [0.05, 0.1) is 27.4 Å². The van der Waals surface area contributed by atoms with Crippen molar-refractivity contribution in [3.05, 3.63) is 88.0 Å². The number of aromatic nitrogens is 1. The van der Waals surface area contributed by atoms with Crippen molar-refractivity contribution < 1.29 is 13.9 Å². The molecule has 1 atom stereocenters. The van der Waals surface area contributed by atoms with Crippen LogP contribution in [0.2, 0.25) is 5.02 Å². The zero-order chi connectivity index (χ0) is 21.4. The van der Waals surface area contributed by atoms with Crippen LogP contribution in [0.4, 0.5) is 4.39 Å². The number of ether oxygens (including phenoxy) is 1. The summed E-state index contributed by atoms with van der Waals surface area (Å²) in [6.45, 7) is 3.65. The van der Waals surface area contributed by atoms with Crippen LogP contribution in [0.25, 0.3) is 6.08 Å². The summed E-state index contributed by atoms with van der Waals surface area (Å²) in [4.78, 5) is 31.7. The Balaban J connectivity index is 1.98. The van der Waals surface area contributed by atoms with Crippen LogP contribution in [0.15, 0.2) is 56.8 Å². The Hall–Kier alpha value is -2.55. The van der Waals surface area contributed by atoms with Gasteiger partial charge in [0.1, 0.15) is 11.9 Å². The van der Waals surface area contributed by atoms with E-state index in [4.69, 9.17) is 16.3 Å². The molecule has 3 heterocycles. The first-order chi connectivity index (χ1) is 14.4. The predicted molar refractivity (Wildman–Crippen MR) is 116 cm³/mol. The van der Waals surface area contributed by atoms with E-state index in [-0.39, 0.29) is 27.3 Å². The summed E-state index contributed by atoms with van der Waals surface area (Å²) < 4.78 is 21.2. The maximum atomic E-state index is 14.3. The number of halogens is 2. The number of hydrogen-bond donors (Lipinski definition) is 0. The van der Waals surface area contributed by atoms with Gasteiger partial charge in [0.25, 0.3) is 5.56 Å². The third-order valence-corrected chi connectivity index (χ3v) is 6.84. The van der Waals surface area contributed by atoms with Crippen LogP contribution in [0.5, 0.6) is 0 Å². The van der Waals surface area contributed by atoms with Crippen LogP contribution in [0.3, 0.4) is 0 Å². The van der Waals surface area contributed by atoms with Crippen molar-refractivity contribution >= 4 is 46.3 Å². The summed E-state index contributed by atoms with van der Waals surface area (Å²) in [6.07, 6.45) is 1.43. The van der Waals surface area contributed by atoms with Gasteiger partial charge in [-0.1, -0.05) is 35.1 Å². The first kappa shape index (κ1) is 20.7. The Morgan fingerprint density at radius 3 is 2.83 bits per heavy atom. The molecule has 0 spiro atoms. The molecule has 0 saturated carbocycles. The lowest BCUT2D eigenvalue weighted by molar-refractivity contribution is -0.139. The molecule has 1 aliphatic rings. The predicted octanol–water partition coefficient (Wildman–Crippen LogP) is 3.65. The molecular weight excluding hydrogens is 447 g/mol. The maximum Gasteiger partial charge on any atom is 0.338 e. The number of hydrogen-bond acceptors (Lipinski definition) is 6. The molecule has 1 aromatic carbocycles. The van der Waals surface area contributed by atoms with E-state index in [1.165, 1.54) is 34.1 Å².